The quantitative estimate of drug-likeness (QED) is 0.0228. The number of hydrogen-bond donors (Lipinski definition) is 3. The molecule has 0 saturated carbocycles. The molecule has 1 aliphatic rings. The van der Waals surface area contributed by atoms with Crippen molar-refractivity contribution in [3.05, 3.63) is 97.2 Å². The Morgan fingerprint density at radius 3 is 1.32 bits per heavy atom. The topological polar surface area (TPSA) is 175 Å². The van der Waals surface area contributed by atoms with Gasteiger partial charge in [-0.3, -0.25) is 14.4 Å². The van der Waals surface area contributed by atoms with Gasteiger partial charge >= 0.3 is 23.9 Å². The number of carbonyl (C=O) groups is 4. The molecular formula is C65H106O12. The molecule has 1 fully saturated rings. The summed E-state index contributed by atoms with van der Waals surface area (Å²) in [6.45, 7) is 5.78. The molecule has 0 aliphatic carbocycles. The highest BCUT2D eigenvalue weighted by Crippen LogP contribution is 2.26. The second-order valence-electron chi connectivity index (χ2n) is 20.3. The fourth-order valence-electron chi connectivity index (χ4n) is 8.54. The number of rotatable bonds is 50. The molecule has 12 nitrogen and oxygen atoms in total. The van der Waals surface area contributed by atoms with Crippen molar-refractivity contribution in [1.29, 1.82) is 0 Å². The molecule has 0 radical (unpaired) electrons. The third-order valence-corrected chi connectivity index (χ3v) is 13.2. The van der Waals surface area contributed by atoms with E-state index in [4.69, 9.17) is 23.7 Å². The van der Waals surface area contributed by atoms with E-state index >= 15 is 0 Å². The Kier molecular flexibility index (Phi) is 48.0. The number of esters is 3. The summed E-state index contributed by atoms with van der Waals surface area (Å²) in [5, 5.41) is 31.5. The molecule has 0 aromatic carbocycles. The van der Waals surface area contributed by atoms with Gasteiger partial charge in [0, 0.05) is 19.3 Å². The second kappa shape index (κ2) is 52.3. The summed E-state index contributed by atoms with van der Waals surface area (Å²) in [4.78, 5) is 51.1. The van der Waals surface area contributed by atoms with Gasteiger partial charge in [0.15, 0.2) is 24.6 Å². The SMILES string of the molecule is CC/C=C\C/C=C\C/C=C\C/C=C\C/C=C\C/C=C\CCC(=O)OCC(COC1OC(C(=O)O)C(O)C(O)C1OC(=O)CCCCCCC/C=C\C/C=C\CCCCC)OC(=O)CCCCCCCCCCCCCCC. The Morgan fingerprint density at radius 1 is 0.442 bits per heavy atom. The molecule has 1 saturated heterocycles. The Hall–Kier alpha value is -4.36. The number of carbonyl (C=O) groups excluding carboxylic acids is 3. The Balaban J connectivity index is 2.74. The smallest absolute Gasteiger partial charge is 0.335 e. The first-order valence-corrected chi connectivity index (χ1v) is 30.2. The summed E-state index contributed by atoms with van der Waals surface area (Å²) < 4.78 is 28.3. The molecule has 0 aromatic heterocycles. The van der Waals surface area contributed by atoms with Crippen molar-refractivity contribution in [2.24, 2.45) is 0 Å². The van der Waals surface area contributed by atoms with Crippen LogP contribution in [-0.2, 0) is 42.9 Å². The highest BCUT2D eigenvalue weighted by molar-refractivity contribution is 5.74. The number of aliphatic carboxylic acids is 1. The molecule has 3 N–H and O–H groups in total. The molecule has 6 atom stereocenters. The Bertz CT molecular complexity index is 1710. The second-order valence-corrected chi connectivity index (χ2v) is 20.3. The van der Waals surface area contributed by atoms with E-state index in [1.54, 1.807) is 0 Å². The lowest BCUT2D eigenvalue weighted by molar-refractivity contribution is -0.301. The van der Waals surface area contributed by atoms with Crippen molar-refractivity contribution in [2.75, 3.05) is 13.2 Å². The predicted molar refractivity (Wildman–Crippen MR) is 312 cm³/mol. The van der Waals surface area contributed by atoms with Crippen LogP contribution >= 0.6 is 0 Å². The van der Waals surface area contributed by atoms with Crippen molar-refractivity contribution in [1.82, 2.24) is 0 Å². The van der Waals surface area contributed by atoms with Crippen LogP contribution in [0.1, 0.15) is 239 Å². The number of carboxylic acid groups (broad SMARTS) is 1. The zero-order valence-electron chi connectivity index (χ0n) is 48.2. The van der Waals surface area contributed by atoms with Gasteiger partial charge in [0.05, 0.1) is 6.61 Å². The monoisotopic (exact) mass is 1080 g/mol. The maximum Gasteiger partial charge on any atom is 0.335 e. The number of aliphatic hydroxyl groups is 2. The summed E-state index contributed by atoms with van der Waals surface area (Å²) in [5.41, 5.74) is 0. The largest absolute Gasteiger partial charge is 0.479 e. The molecule has 77 heavy (non-hydrogen) atoms. The van der Waals surface area contributed by atoms with E-state index in [1.165, 1.54) is 77.0 Å². The average molecular weight is 1080 g/mol. The van der Waals surface area contributed by atoms with E-state index < -0.39 is 67.3 Å². The van der Waals surface area contributed by atoms with Crippen LogP contribution < -0.4 is 0 Å². The van der Waals surface area contributed by atoms with Gasteiger partial charge in [-0.15, -0.1) is 0 Å². The van der Waals surface area contributed by atoms with Gasteiger partial charge in [-0.1, -0.05) is 227 Å². The summed E-state index contributed by atoms with van der Waals surface area (Å²) in [6.07, 6.45) is 56.7. The first-order chi connectivity index (χ1) is 37.6. The van der Waals surface area contributed by atoms with E-state index in [9.17, 15) is 34.5 Å². The molecule has 1 aliphatic heterocycles. The van der Waals surface area contributed by atoms with Gasteiger partial charge in [0.1, 0.15) is 18.8 Å². The molecule has 1 rings (SSSR count). The molecule has 0 spiro atoms. The van der Waals surface area contributed by atoms with E-state index in [2.05, 4.69) is 106 Å². The normalized spacial score (nSPS) is 18.7. The number of ether oxygens (including phenoxy) is 5. The zero-order chi connectivity index (χ0) is 56.1. The third-order valence-electron chi connectivity index (χ3n) is 13.2. The zero-order valence-corrected chi connectivity index (χ0v) is 48.2. The van der Waals surface area contributed by atoms with Crippen molar-refractivity contribution >= 4 is 23.9 Å². The van der Waals surface area contributed by atoms with E-state index in [0.29, 0.717) is 19.3 Å². The third kappa shape index (κ3) is 42.3. The van der Waals surface area contributed by atoms with E-state index in [1.807, 2.05) is 12.2 Å². The summed E-state index contributed by atoms with van der Waals surface area (Å²) >= 11 is 0. The minimum atomic E-state index is -1.92. The van der Waals surface area contributed by atoms with E-state index in [-0.39, 0.29) is 25.9 Å². The molecule has 12 heteroatoms. The lowest BCUT2D eigenvalue weighted by Crippen LogP contribution is -2.61. The van der Waals surface area contributed by atoms with E-state index in [0.717, 1.165) is 103 Å². The van der Waals surface area contributed by atoms with Gasteiger partial charge in [-0.05, 0) is 89.9 Å². The van der Waals surface area contributed by atoms with Gasteiger partial charge in [-0.25, -0.2) is 4.79 Å². The molecule has 1 heterocycles. The van der Waals surface area contributed by atoms with Crippen LogP contribution in [0.15, 0.2) is 97.2 Å². The van der Waals surface area contributed by atoms with Crippen LogP contribution in [0.4, 0.5) is 0 Å². The molecular weight excluding hydrogens is 973 g/mol. The standard InChI is InChI=1S/C65H106O12/c1-4-7-10-13-16-19-22-25-27-28-29-30-32-34-36-39-42-45-48-51-57(66)73-54-56(75-58(67)52-49-46-43-40-37-33-24-21-18-15-12-9-6-3)55-74-65-63(61(70)60(69)62(77-65)64(71)72)76-59(68)53-50-47-44-41-38-35-31-26-23-20-17-14-11-8-5-2/h7,10,16-17,19-20,25-27,29-31,34,36,42,45,56,60-63,65,69-70H,4-6,8-9,11-15,18,21-24,28,32-33,35,37-41,43-44,46-55H2,1-3H3,(H,71,72)/b10-7-,19-16-,20-17-,27-25-,30-29-,31-26-,36-34-,45-42-. The summed E-state index contributed by atoms with van der Waals surface area (Å²) in [5.74, 6) is -3.25. The molecule has 0 aromatic rings. The molecule has 6 unspecified atom stereocenters. The number of aliphatic hydroxyl groups excluding tert-OH is 2. The van der Waals surface area contributed by atoms with Crippen molar-refractivity contribution in [3.8, 4) is 0 Å². The number of allylic oxidation sites excluding steroid dienone is 16. The maximum atomic E-state index is 13.1. The highest BCUT2D eigenvalue weighted by Gasteiger charge is 2.50. The molecule has 438 valence electrons. The number of carboxylic acids is 1. The Labute approximate surface area is 466 Å². The number of unbranched alkanes of at least 4 members (excludes halogenated alkanes) is 20. The van der Waals surface area contributed by atoms with Gasteiger partial charge in [0.25, 0.3) is 0 Å². The van der Waals surface area contributed by atoms with Crippen LogP contribution in [0.3, 0.4) is 0 Å². The van der Waals surface area contributed by atoms with Crippen LogP contribution in [-0.4, -0.2) is 89.2 Å². The lowest BCUT2D eigenvalue weighted by atomic mass is 9.98. The predicted octanol–water partition coefficient (Wildman–Crippen LogP) is 15.7. The van der Waals surface area contributed by atoms with Crippen molar-refractivity contribution in [2.45, 2.75) is 276 Å². The van der Waals surface area contributed by atoms with Crippen LogP contribution in [0.5, 0.6) is 0 Å². The van der Waals surface area contributed by atoms with Gasteiger partial charge in [0.2, 0.25) is 0 Å². The highest BCUT2D eigenvalue weighted by atomic mass is 16.7. The summed E-state index contributed by atoms with van der Waals surface area (Å²) in [7, 11) is 0. The van der Waals surface area contributed by atoms with Crippen LogP contribution in [0, 0.1) is 0 Å². The minimum absolute atomic E-state index is 0.0346. The van der Waals surface area contributed by atoms with Gasteiger partial charge < -0.3 is 39.0 Å². The van der Waals surface area contributed by atoms with Crippen molar-refractivity contribution in [3.63, 3.8) is 0 Å². The maximum absolute atomic E-state index is 13.1. The first kappa shape index (κ1) is 70.7. The Morgan fingerprint density at radius 2 is 0.844 bits per heavy atom. The lowest BCUT2D eigenvalue weighted by Gasteiger charge is -2.40. The minimum Gasteiger partial charge on any atom is -0.479 e. The fraction of sp³-hybridized carbons (Fsp3) is 0.692. The van der Waals surface area contributed by atoms with Crippen LogP contribution in [0.25, 0.3) is 0 Å². The van der Waals surface area contributed by atoms with Crippen LogP contribution in [0.2, 0.25) is 0 Å². The molecule has 0 amide bonds. The fourth-order valence-corrected chi connectivity index (χ4v) is 8.54. The first-order valence-electron chi connectivity index (χ1n) is 30.2. The number of hydrogen-bond acceptors (Lipinski definition) is 11. The molecule has 0 bridgehead atoms. The van der Waals surface area contributed by atoms with Crippen molar-refractivity contribution < 1.29 is 58.2 Å². The summed E-state index contributed by atoms with van der Waals surface area (Å²) in [6, 6.07) is 0. The average Bonchev–Trinajstić information content (AvgIpc) is 3.42. The van der Waals surface area contributed by atoms with Gasteiger partial charge in [-0.2, -0.15) is 0 Å².